The average molecular weight is 280 g/mol. The summed E-state index contributed by atoms with van der Waals surface area (Å²) >= 11 is 0. The number of aliphatic hydroxyl groups excluding tert-OH is 1. The van der Waals surface area contributed by atoms with Crippen molar-refractivity contribution < 1.29 is 13.5 Å². The van der Waals surface area contributed by atoms with Crippen molar-refractivity contribution >= 4 is 10.2 Å². The van der Waals surface area contributed by atoms with E-state index in [1.54, 1.807) is 11.4 Å². The van der Waals surface area contributed by atoms with E-state index in [1.807, 2.05) is 13.8 Å². The highest BCUT2D eigenvalue weighted by molar-refractivity contribution is 7.86. The van der Waals surface area contributed by atoms with E-state index in [1.165, 1.54) is 4.31 Å². The van der Waals surface area contributed by atoms with Crippen LogP contribution in [0.15, 0.2) is 0 Å². The Labute approximate surface area is 112 Å². The summed E-state index contributed by atoms with van der Waals surface area (Å²) in [5.41, 5.74) is 0. The lowest BCUT2D eigenvalue weighted by atomic mass is 10.2. The first-order chi connectivity index (χ1) is 8.37. The minimum atomic E-state index is -3.40. The third-order valence-corrected chi connectivity index (χ3v) is 5.05. The van der Waals surface area contributed by atoms with E-state index in [2.05, 4.69) is 6.92 Å². The quantitative estimate of drug-likeness (QED) is 0.616. The number of aliphatic hydroxyl groups is 1. The van der Waals surface area contributed by atoms with Gasteiger partial charge < -0.3 is 5.11 Å². The van der Waals surface area contributed by atoms with Gasteiger partial charge in [0.25, 0.3) is 10.2 Å². The van der Waals surface area contributed by atoms with Crippen LogP contribution in [0.1, 0.15) is 46.5 Å². The van der Waals surface area contributed by atoms with Crippen LogP contribution in [0.3, 0.4) is 0 Å². The van der Waals surface area contributed by atoms with Crippen LogP contribution >= 0.6 is 0 Å². The summed E-state index contributed by atoms with van der Waals surface area (Å²) in [6.07, 6.45) is 3.48. The molecule has 0 saturated heterocycles. The largest absolute Gasteiger partial charge is 0.396 e. The van der Waals surface area contributed by atoms with Crippen LogP contribution in [-0.4, -0.2) is 54.9 Å². The van der Waals surface area contributed by atoms with Gasteiger partial charge in [0.05, 0.1) is 0 Å². The van der Waals surface area contributed by atoms with Gasteiger partial charge in [0.2, 0.25) is 0 Å². The van der Waals surface area contributed by atoms with Crippen LogP contribution in [0.2, 0.25) is 0 Å². The highest BCUT2D eigenvalue weighted by Gasteiger charge is 2.28. The standard InChI is InChI=1S/C12H28N2O3S/c1-5-6-7-10-14(12(2)3)18(16,17)13(4)9-8-11-15/h12,15H,5-11H2,1-4H3. The lowest BCUT2D eigenvalue weighted by Crippen LogP contribution is -2.46. The Bertz CT molecular complexity index is 304. The Morgan fingerprint density at radius 2 is 1.72 bits per heavy atom. The fourth-order valence-corrected chi connectivity index (χ4v) is 3.36. The molecule has 0 aromatic rings. The first-order valence-corrected chi connectivity index (χ1v) is 8.11. The molecular formula is C12H28N2O3S. The van der Waals surface area contributed by atoms with Gasteiger partial charge in [-0.3, -0.25) is 0 Å². The van der Waals surface area contributed by atoms with Crippen molar-refractivity contribution in [1.29, 1.82) is 0 Å². The first kappa shape index (κ1) is 17.8. The molecule has 0 aliphatic carbocycles. The number of hydrogen-bond donors (Lipinski definition) is 1. The van der Waals surface area contributed by atoms with E-state index in [4.69, 9.17) is 5.11 Å². The summed E-state index contributed by atoms with van der Waals surface area (Å²) in [6, 6.07) is -0.0385. The van der Waals surface area contributed by atoms with Gasteiger partial charge in [-0.25, -0.2) is 0 Å². The normalized spacial score (nSPS) is 12.9. The van der Waals surface area contributed by atoms with Gasteiger partial charge in [0.1, 0.15) is 0 Å². The third kappa shape index (κ3) is 5.65. The average Bonchev–Trinajstić information content (AvgIpc) is 2.30. The number of rotatable bonds is 10. The lowest BCUT2D eigenvalue weighted by molar-refractivity contribution is 0.266. The Hall–Kier alpha value is -0.170. The van der Waals surface area contributed by atoms with Crippen molar-refractivity contribution in [2.45, 2.75) is 52.5 Å². The summed E-state index contributed by atoms with van der Waals surface area (Å²) < 4.78 is 27.6. The fourth-order valence-electron chi connectivity index (χ4n) is 1.75. The second-order valence-corrected chi connectivity index (χ2v) is 6.81. The molecule has 0 aromatic heterocycles. The van der Waals surface area contributed by atoms with Crippen LogP contribution in [0.5, 0.6) is 0 Å². The Kier molecular flexibility index (Phi) is 8.77. The molecule has 110 valence electrons. The molecule has 0 rings (SSSR count). The molecule has 5 nitrogen and oxygen atoms in total. The number of hydrogen-bond acceptors (Lipinski definition) is 3. The first-order valence-electron chi connectivity index (χ1n) is 6.71. The molecule has 0 bridgehead atoms. The van der Waals surface area contributed by atoms with Gasteiger partial charge in [-0.15, -0.1) is 0 Å². The van der Waals surface area contributed by atoms with Gasteiger partial charge in [-0.1, -0.05) is 19.8 Å². The van der Waals surface area contributed by atoms with Gasteiger partial charge >= 0.3 is 0 Å². The van der Waals surface area contributed by atoms with E-state index < -0.39 is 10.2 Å². The molecule has 0 spiro atoms. The van der Waals surface area contributed by atoms with Crippen molar-refractivity contribution in [3.8, 4) is 0 Å². The molecule has 0 amide bonds. The molecular weight excluding hydrogens is 252 g/mol. The zero-order valence-corrected chi connectivity index (χ0v) is 12.9. The summed E-state index contributed by atoms with van der Waals surface area (Å²) in [5.74, 6) is 0. The van der Waals surface area contributed by atoms with E-state index in [0.717, 1.165) is 19.3 Å². The Morgan fingerprint density at radius 3 is 2.17 bits per heavy atom. The molecule has 18 heavy (non-hydrogen) atoms. The summed E-state index contributed by atoms with van der Waals surface area (Å²) in [4.78, 5) is 0. The zero-order chi connectivity index (χ0) is 14.2. The second kappa shape index (κ2) is 8.85. The fraction of sp³-hybridized carbons (Fsp3) is 1.00. The number of nitrogens with zero attached hydrogens (tertiary/aromatic N) is 2. The third-order valence-electron chi connectivity index (χ3n) is 2.88. The van der Waals surface area contributed by atoms with Crippen molar-refractivity contribution in [3.05, 3.63) is 0 Å². The van der Waals surface area contributed by atoms with Crippen molar-refractivity contribution in [2.75, 3.05) is 26.7 Å². The highest BCUT2D eigenvalue weighted by atomic mass is 32.2. The maximum Gasteiger partial charge on any atom is 0.281 e. The maximum absolute atomic E-state index is 12.3. The topological polar surface area (TPSA) is 60.9 Å². The molecule has 0 atom stereocenters. The molecule has 0 heterocycles. The van der Waals surface area contributed by atoms with Crippen LogP contribution in [-0.2, 0) is 10.2 Å². The lowest BCUT2D eigenvalue weighted by Gasteiger charge is -2.30. The van der Waals surface area contributed by atoms with Gasteiger partial charge in [-0.05, 0) is 26.7 Å². The van der Waals surface area contributed by atoms with E-state index in [9.17, 15) is 8.42 Å². The Morgan fingerprint density at radius 1 is 1.11 bits per heavy atom. The highest BCUT2D eigenvalue weighted by Crippen LogP contribution is 2.13. The van der Waals surface area contributed by atoms with E-state index in [-0.39, 0.29) is 12.6 Å². The summed E-state index contributed by atoms with van der Waals surface area (Å²) in [5, 5.41) is 8.77. The van der Waals surface area contributed by atoms with Gasteiger partial charge in [0, 0.05) is 32.8 Å². The van der Waals surface area contributed by atoms with Crippen molar-refractivity contribution in [1.82, 2.24) is 8.61 Å². The summed E-state index contributed by atoms with van der Waals surface area (Å²) in [7, 11) is -1.83. The maximum atomic E-state index is 12.3. The molecule has 0 aliphatic heterocycles. The minimum Gasteiger partial charge on any atom is -0.396 e. The molecule has 1 N–H and O–H groups in total. The predicted molar refractivity (Wildman–Crippen MR) is 74.6 cm³/mol. The zero-order valence-electron chi connectivity index (χ0n) is 12.1. The van der Waals surface area contributed by atoms with Gasteiger partial charge in [-0.2, -0.15) is 17.0 Å². The van der Waals surface area contributed by atoms with Crippen LogP contribution in [0, 0.1) is 0 Å². The van der Waals surface area contributed by atoms with Gasteiger partial charge in [0.15, 0.2) is 0 Å². The predicted octanol–water partition coefficient (Wildman–Crippen LogP) is 1.45. The molecule has 0 aromatic carbocycles. The molecule has 0 fully saturated rings. The number of unbranched alkanes of at least 4 members (excludes halogenated alkanes) is 2. The van der Waals surface area contributed by atoms with Crippen molar-refractivity contribution in [2.24, 2.45) is 0 Å². The molecule has 0 radical (unpaired) electrons. The molecule has 0 unspecified atom stereocenters. The van der Waals surface area contributed by atoms with Crippen LogP contribution < -0.4 is 0 Å². The summed E-state index contributed by atoms with van der Waals surface area (Å²) in [6.45, 7) is 6.82. The Balaban J connectivity index is 4.65. The SMILES string of the molecule is CCCCCN(C(C)C)S(=O)(=O)N(C)CCCO. The van der Waals surface area contributed by atoms with E-state index in [0.29, 0.717) is 19.5 Å². The molecule has 0 saturated carbocycles. The van der Waals surface area contributed by atoms with E-state index >= 15 is 0 Å². The monoisotopic (exact) mass is 280 g/mol. The van der Waals surface area contributed by atoms with Crippen LogP contribution in [0.25, 0.3) is 0 Å². The molecule has 6 heteroatoms. The molecule has 0 aliphatic rings. The van der Waals surface area contributed by atoms with Crippen molar-refractivity contribution in [3.63, 3.8) is 0 Å². The smallest absolute Gasteiger partial charge is 0.281 e. The minimum absolute atomic E-state index is 0.0113. The van der Waals surface area contributed by atoms with Crippen LogP contribution in [0.4, 0.5) is 0 Å². The second-order valence-electron chi connectivity index (χ2n) is 4.82.